The van der Waals surface area contributed by atoms with Gasteiger partial charge in [-0.25, -0.2) is 0 Å². The Balaban J connectivity index is 1.50. The van der Waals surface area contributed by atoms with Crippen molar-refractivity contribution in [2.45, 2.75) is 19.4 Å². The topological polar surface area (TPSA) is 87.3 Å². The molecule has 6 nitrogen and oxygen atoms in total. The fourth-order valence-corrected chi connectivity index (χ4v) is 3.06. The second-order valence-corrected chi connectivity index (χ2v) is 7.01. The lowest BCUT2D eigenvalue weighted by molar-refractivity contribution is -0.136. The Hall–Kier alpha value is -3.93. The Morgan fingerprint density at radius 3 is 1.97 bits per heavy atom. The summed E-state index contributed by atoms with van der Waals surface area (Å²) in [4.78, 5) is 37.0. The quantitative estimate of drug-likeness (QED) is 0.390. The molecule has 0 aliphatic heterocycles. The predicted molar refractivity (Wildman–Crippen MR) is 120 cm³/mol. The Bertz CT molecular complexity index is 1020. The van der Waals surface area contributed by atoms with Gasteiger partial charge in [0, 0.05) is 13.1 Å². The monoisotopic (exact) mass is 415 g/mol. The number of amides is 3. The lowest BCUT2D eigenvalue weighted by Crippen LogP contribution is -2.36. The van der Waals surface area contributed by atoms with Crippen LogP contribution in [0.2, 0.25) is 0 Å². The normalized spacial score (nSPS) is 10.2. The summed E-state index contributed by atoms with van der Waals surface area (Å²) < 4.78 is 0. The van der Waals surface area contributed by atoms with Gasteiger partial charge in [0.05, 0.1) is 11.3 Å². The minimum Gasteiger partial charge on any atom is -0.348 e. The number of carbonyl (C=O) groups excluding carboxylic acids is 3. The number of para-hydroxylation sites is 1. The summed E-state index contributed by atoms with van der Waals surface area (Å²) in [5, 5.41) is 7.98. The summed E-state index contributed by atoms with van der Waals surface area (Å²) in [5.41, 5.74) is 2.73. The molecule has 0 bridgehead atoms. The van der Waals surface area contributed by atoms with Gasteiger partial charge in [0.1, 0.15) is 0 Å². The van der Waals surface area contributed by atoms with Gasteiger partial charge >= 0.3 is 11.8 Å². The van der Waals surface area contributed by atoms with Gasteiger partial charge in [-0.05, 0) is 36.1 Å². The van der Waals surface area contributed by atoms with Crippen molar-refractivity contribution in [3.63, 3.8) is 0 Å². The zero-order valence-electron chi connectivity index (χ0n) is 17.1. The van der Waals surface area contributed by atoms with E-state index in [2.05, 4.69) is 16.0 Å². The van der Waals surface area contributed by atoms with Crippen molar-refractivity contribution < 1.29 is 14.4 Å². The van der Waals surface area contributed by atoms with Crippen LogP contribution in [0.5, 0.6) is 0 Å². The van der Waals surface area contributed by atoms with Crippen molar-refractivity contribution >= 4 is 23.4 Å². The highest BCUT2D eigenvalue weighted by Gasteiger charge is 2.17. The Kier molecular flexibility index (Phi) is 7.94. The summed E-state index contributed by atoms with van der Waals surface area (Å²) in [5.74, 6) is -1.86. The second-order valence-electron chi connectivity index (χ2n) is 7.01. The van der Waals surface area contributed by atoms with Crippen LogP contribution in [0.3, 0.4) is 0 Å². The summed E-state index contributed by atoms with van der Waals surface area (Å²) >= 11 is 0. The van der Waals surface area contributed by atoms with Crippen LogP contribution in [-0.4, -0.2) is 24.3 Å². The fraction of sp³-hybridized carbons (Fsp3) is 0.160. The molecule has 0 fully saturated rings. The number of carbonyl (C=O) groups is 3. The Morgan fingerprint density at radius 2 is 1.26 bits per heavy atom. The Morgan fingerprint density at radius 1 is 0.645 bits per heavy atom. The van der Waals surface area contributed by atoms with Crippen LogP contribution in [0.15, 0.2) is 84.9 Å². The maximum absolute atomic E-state index is 12.6. The first-order valence-corrected chi connectivity index (χ1v) is 10.2. The van der Waals surface area contributed by atoms with E-state index in [0.717, 1.165) is 18.4 Å². The molecule has 3 amide bonds. The smallest absolute Gasteiger partial charge is 0.313 e. The average Bonchev–Trinajstić information content (AvgIpc) is 2.82. The maximum Gasteiger partial charge on any atom is 0.313 e. The number of aryl methyl sites for hydroxylation is 1. The molecule has 0 heterocycles. The van der Waals surface area contributed by atoms with Crippen LogP contribution in [0.4, 0.5) is 5.69 Å². The van der Waals surface area contributed by atoms with Crippen molar-refractivity contribution in [2.24, 2.45) is 0 Å². The third kappa shape index (κ3) is 6.82. The molecular weight excluding hydrogens is 390 g/mol. The molecule has 0 spiro atoms. The summed E-state index contributed by atoms with van der Waals surface area (Å²) in [6.45, 7) is 0.754. The molecule has 3 aromatic carbocycles. The number of nitrogens with one attached hydrogen (secondary N) is 3. The molecule has 0 saturated heterocycles. The van der Waals surface area contributed by atoms with Crippen LogP contribution in [0, 0.1) is 0 Å². The van der Waals surface area contributed by atoms with Crippen LogP contribution >= 0.6 is 0 Å². The van der Waals surface area contributed by atoms with E-state index in [0.29, 0.717) is 18.7 Å². The molecule has 31 heavy (non-hydrogen) atoms. The Labute approximate surface area is 181 Å². The standard InChI is InChI=1S/C25H25N3O3/c29-23(27-18-20-12-5-2-6-13-20)21-15-7-8-16-22(21)28-25(31)24(30)26-17-9-14-19-10-3-1-4-11-19/h1-8,10-13,15-16H,9,14,17-18H2,(H,26,30)(H,27,29)(H,28,31). The number of rotatable bonds is 8. The van der Waals surface area contributed by atoms with E-state index in [1.54, 1.807) is 24.3 Å². The van der Waals surface area contributed by atoms with E-state index in [1.165, 1.54) is 5.56 Å². The largest absolute Gasteiger partial charge is 0.348 e. The molecule has 0 unspecified atom stereocenters. The zero-order valence-corrected chi connectivity index (χ0v) is 17.1. The van der Waals surface area contributed by atoms with Crippen LogP contribution in [-0.2, 0) is 22.6 Å². The summed E-state index contributed by atoms with van der Waals surface area (Å²) in [6.07, 6.45) is 1.54. The van der Waals surface area contributed by atoms with Gasteiger partial charge in [-0.1, -0.05) is 72.8 Å². The van der Waals surface area contributed by atoms with Gasteiger partial charge in [-0.2, -0.15) is 0 Å². The van der Waals surface area contributed by atoms with E-state index in [-0.39, 0.29) is 11.6 Å². The van der Waals surface area contributed by atoms with Crippen molar-refractivity contribution in [1.82, 2.24) is 10.6 Å². The highest BCUT2D eigenvalue weighted by atomic mass is 16.2. The van der Waals surface area contributed by atoms with Crippen molar-refractivity contribution in [1.29, 1.82) is 0 Å². The van der Waals surface area contributed by atoms with Gasteiger partial charge in [-0.15, -0.1) is 0 Å². The fourth-order valence-electron chi connectivity index (χ4n) is 3.06. The molecule has 3 N–H and O–H groups in total. The number of benzene rings is 3. The summed E-state index contributed by atoms with van der Waals surface area (Å²) in [7, 11) is 0. The SMILES string of the molecule is O=C(NCCCc1ccccc1)C(=O)Nc1ccccc1C(=O)NCc1ccccc1. The third-order valence-corrected chi connectivity index (χ3v) is 4.69. The highest BCUT2D eigenvalue weighted by molar-refractivity contribution is 6.40. The maximum atomic E-state index is 12.6. The summed E-state index contributed by atoms with van der Waals surface area (Å²) in [6, 6.07) is 26.1. The van der Waals surface area contributed by atoms with E-state index in [9.17, 15) is 14.4 Å². The molecule has 0 aliphatic rings. The number of anilines is 1. The molecule has 3 aromatic rings. The molecule has 0 atom stereocenters. The molecule has 3 rings (SSSR count). The van der Waals surface area contributed by atoms with Gasteiger partial charge in [-0.3, -0.25) is 14.4 Å². The van der Waals surface area contributed by atoms with Gasteiger partial charge in [0.25, 0.3) is 5.91 Å². The molecule has 0 aliphatic carbocycles. The van der Waals surface area contributed by atoms with E-state index >= 15 is 0 Å². The third-order valence-electron chi connectivity index (χ3n) is 4.69. The van der Waals surface area contributed by atoms with Gasteiger partial charge in [0.15, 0.2) is 0 Å². The van der Waals surface area contributed by atoms with E-state index < -0.39 is 11.8 Å². The molecular formula is C25H25N3O3. The zero-order chi connectivity index (χ0) is 21.9. The number of hydrogen-bond acceptors (Lipinski definition) is 3. The van der Waals surface area contributed by atoms with E-state index in [4.69, 9.17) is 0 Å². The van der Waals surface area contributed by atoms with E-state index in [1.807, 2.05) is 60.7 Å². The second kappa shape index (κ2) is 11.3. The molecule has 0 radical (unpaired) electrons. The van der Waals surface area contributed by atoms with Crippen molar-refractivity contribution in [3.05, 3.63) is 102 Å². The first kappa shape index (κ1) is 21.8. The van der Waals surface area contributed by atoms with Crippen LogP contribution < -0.4 is 16.0 Å². The van der Waals surface area contributed by atoms with Crippen molar-refractivity contribution in [3.8, 4) is 0 Å². The molecule has 0 saturated carbocycles. The van der Waals surface area contributed by atoms with Gasteiger partial charge < -0.3 is 16.0 Å². The molecule has 158 valence electrons. The lowest BCUT2D eigenvalue weighted by atomic mass is 10.1. The minimum absolute atomic E-state index is 0.289. The number of hydrogen-bond donors (Lipinski definition) is 3. The van der Waals surface area contributed by atoms with Crippen LogP contribution in [0.25, 0.3) is 0 Å². The first-order chi connectivity index (χ1) is 15.1. The highest BCUT2D eigenvalue weighted by Crippen LogP contribution is 2.15. The lowest BCUT2D eigenvalue weighted by Gasteiger charge is -2.11. The van der Waals surface area contributed by atoms with Gasteiger partial charge in [0.2, 0.25) is 0 Å². The van der Waals surface area contributed by atoms with Crippen LogP contribution in [0.1, 0.15) is 27.9 Å². The molecule has 6 heteroatoms. The minimum atomic E-state index is -0.803. The average molecular weight is 415 g/mol. The predicted octanol–water partition coefficient (Wildman–Crippen LogP) is 3.30. The van der Waals surface area contributed by atoms with Crippen molar-refractivity contribution in [2.75, 3.05) is 11.9 Å². The first-order valence-electron chi connectivity index (χ1n) is 10.2. The molecule has 0 aromatic heterocycles.